The number of rotatable bonds is 7. The molecule has 1 saturated heterocycles. The number of ether oxygens (including phenoxy) is 3. The van der Waals surface area contributed by atoms with E-state index in [1.54, 1.807) is 14.2 Å². The van der Waals surface area contributed by atoms with Crippen molar-refractivity contribution >= 4 is 0 Å². The van der Waals surface area contributed by atoms with Crippen LogP contribution in [0.5, 0.6) is 11.5 Å². The molecule has 0 radical (unpaired) electrons. The first kappa shape index (κ1) is 15.1. The molecule has 1 aromatic carbocycles. The molecule has 1 aliphatic rings. The summed E-state index contributed by atoms with van der Waals surface area (Å²) < 4.78 is 16.3. The van der Waals surface area contributed by atoms with Crippen LogP contribution in [0.3, 0.4) is 0 Å². The summed E-state index contributed by atoms with van der Waals surface area (Å²) in [4.78, 5) is 0. The molecule has 0 bridgehead atoms. The Bertz CT molecular complexity index is 380. The van der Waals surface area contributed by atoms with Gasteiger partial charge in [-0.25, -0.2) is 0 Å². The fraction of sp³-hybridized carbons (Fsp3) is 0.625. The summed E-state index contributed by atoms with van der Waals surface area (Å²) in [6.07, 6.45) is 5.25. The van der Waals surface area contributed by atoms with E-state index in [2.05, 4.69) is 5.32 Å². The minimum atomic E-state index is 0.441. The van der Waals surface area contributed by atoms with E-state index in [9.17, 15) is 0 Å². The minimum absolute atomic E-state index is 0.441. The van der Waals surface area contributed by atoms with Gasteiger partial charge >= 0.3 is 0 Å². The van der Waals surface area contributed by atoms with Crippen LogP contribution in [0, 0.1) is 0 Å². The van der Waals surface area contributed by atoms with E-state index in [0.717, 1.165) is 37.6 Å². The van der Waals surface area contributed by atoms with E-state index in [4.69, 9.17) is 14.2 Å². The molecule has 1 N–H and O–H groups in total. The molecule has 4 nitrogen and oxygen atoms in total. The summed E-state index contributed by atoms with van der Waals surface area (Å²) >= 11 is 0. The first-order valence-corrected chi connectivity index (χ1v) is 7.36. The number of hydrogen-bond donors (Lipinski definition) is 1. The molecular formula is C16H25NO3. The third-order valence-electron chi connectivity index (χ3n) is 3.66. The van der Waals surface area contributed by atoms with Crippen LogP contribution in [0.2, 0.25) is 0 Å². The summed E-state index contributed by atoms with van der Waals surface area (Å²) in [6, 6.07) is 5.96. The monoisotopic (exact) mass is 279 g/mol. The second kappa shape index (κ2) is 8.12. The molecule has 1 aliphatic heterocycles. The lowest BCUT2D eigenvalue weighted by atomic mass is 10.1. The van der Waals surface area contributed by atoms with Gasteiger partial charge in [-0.15, -0.1) is 0 Å². The topological polar surface area (TPSA) is 39.7 Å². The predicted molar refractivity (Wildman–Crippen MR) is 79.5 cm³/mol. The highest BCUT2D eigenvalue weighted by molar-refractivity contribution is 5.38. The van der Waals surface area contributed by atoms with Crippen LogP contribution in [-0.4, -0.2) is 33.5 Å². The summed E-state index contributed by atoms with van der Waals surface area (Å²) in [5, 5.41) is 3.46. The number of benzene rings is 1. The van der Waals surface area contributed by atoms with E-state index in [1.807, 2.05) is 18.2 Å². The molecule has 1 unspecified atom stereocenters. The molecule has 1 fully saturated rings. The van der Waals surface area contributed by atoms with Gasteiger partial charge < -0.3 is 19.5 Å². The van der Waals surface area contributed by atoms with Gasteiger partial charge in [0.2, 0.25) is 0 Å². The van der Waals surface area contributed by atoms with E-state index in [0.29, 0.717) is 6.10 Å². The van der Waals surface area contributed by atoms with Crippen molar-refractivity contribution in [3.05, 3.63) is 23.8 Å². The lowest BCUT2D eigenvalue weighted by Gasteiger charge is -2.22. The number of methoxy groups -OCH3 is 2. The largest absolute Gasteiger partial charge is 0.497 e. The van der Waals surface area contributed by atoms with Crippen LogP contribution in [0.4, 0.5) is 0 Å². The van der Waals surface area contributed by atoms with Crippen molar-refractivity contribution in [3.63, 3.8) is 0 Å². The van der Waals surface area contributed by atoms with Gasteiger partial charge in [-0.2, -0.15) is 0 Å². The maximum absolute atomic E-state index is 5.72. The smallest absolute Gasteiger partial charge is 0.122 e. The Labute approximate surface area is 121 Å². The first-order valence-electron chi connectivity index (χ1n) is 7.36. The first-order chi connectivity index (χ1) is 9.81. The lowest BCUT2D eigenvalue weighted by molar-refractivity contribution is 0.0115. The van der Waals surface area contributed by atoms with Crippen LogP contribution in [0.25, 0.3) is 0 Å². The molecule has 1 atom stereocenters. The van der Waals surface area contributed by atoms with Crippen LogP contribution < -0.4 is 14.8 Å². The number of hydrogen-bond acceptors (Lipinski definition) is 4. The molecule has 0 amide bonds. The Hall–Kier alpha value is -1.26. The second-order valence-electron chi connectivity index (χ2n) is 5.17. The Kier molecular flexibility index (Phi) is 6.15. The summed E-state index contributed by atoms with van der Waals surface area (Å²) in [7, 11) is 3.35. The predicted octanol–water partition coefficient (Wildman–Crippen LogP) is 2.75. The van der Waals surface area contributed by atoms with Gasteiger partial charge in [0.05, 0.1) is 20.3 Å². The highest BCUT2D eigenvalue weighted by Crippen LogP contribution is 2.22. The third-order valence-corrected chi connectivity index (χ3v) is 3.66. The van der Waals surface area contributed by atoms with Crippen LogP contribution in [0.1, 0.15) is 31.2 Å². The third kappa shape index (κ3) is 4.69. The molecule has 20 heavy (non-hydrogen) atoms. The SMILES string of the molecule is COc1cc(CNCCC2CCCCO2)cc(OC)c1. The zero-order valence-corrected chi connectivity index (χ0v) is 12.5. The summed E-state index contributed by atoms with van der Waals surface area (Å²) in [5.74, 6) is 1.66. The van der Waals surface area contributed by atoms with Crippen molar-refractivity contribution in [2.45, 2.75) is 38.3 Å². The molecule has 1 aromatic rings. The minimum Gasteiger partial charge on any atom is -0.497 e. The maximum Gasteiger partial charge on any atom is 0.122 e. The Morgan fingerprint density at radius 1 is 1.15 bits per heavy atom. The average molecular weight is 279 g/mol. The van der Waals surface area contributed by atoms with Crippen LogP contribution >= 0.6 is 0 Å². The molecule has 0 saturated carbocycles. The molecule has 1 heterocycles. The fourth-order valence-corrected chi connectivity index (χ4v) is 2.50. The highest BCUT2D eigenvalue weighted by atomic mass is 16.5. The van der Waals surface area contributed by atoms with Crippen LogP contribution in [-0.2, 0) is 11.3 Å². The Morgan fingerprint density at radius 3 is 2.50 bits per heavy atom. The fourth-order valence-electron chi connectivity index (χ4n) is 2.50. The van der Waals surface area contributed by atoms with Gasteiger partial charge in [0, 0.05) is 19.2 Å². The quantitative estimate of drug-likeness (QED) is 0.779. The molecule has 0 spiro atoms. The molecule has 0 aliphatic carbocycles. The lowest BCUT2D eigenvalue weighted by Crippen LogP contribution is -2.25. The van der Waals surface area contributed by atoms with Crippen molar-refractivity contribution in [2.24, 2.45) is 0 Å². The zero-order chi connectivity index (χ0) is 14.2. The standard InChI is InChI=1S/C16H25NO3/c1-18-15-9-13(10-16(11-15)19-2)12-17-7-6-14-5-3-4-8-20-14/h9-11,14,17H,3-8,12H2,1-2H3. The number of nitrogens with one attached hydrogen (secondary N) is 1. The molecule has 112 valence electrons. The van der Waals surface area contributed by atoms with Crippen molar-refractivity contribution in [2.75, 3.05) is 27.4 Å². The molecule has 2 rings (SSSR count). The summed E-state index contributed by atoms with van der Waals surface area (Å²) in [6.45, 7) is 2.72. The van der Waals surface area contributed by atoms with Crippen molar-refractivity contribution in [1.82, 2.24) is 5.32 Å². The second-order valence-corrected chi connectivity index (χ2v) is 5.17. The van der Waals surface area contributed by atoms with Crippen molar-refractivity contribution < 1.29 is 14.2 Å². The summed E-state index contributed by atoms with van der Waals surface area (Å²) in [5.41, 5.74) is 1.17. The van der Waals surface area contributed by atoms with Gasteiger partial charge in [0.1, 0.15) is 11.5 Å². The van der Waals surface area contributed by atoms with Gasteiger partial charge in [-0.1, -0.05) is 0 Å². The van der Waals surface area contributed by atoms with Gasteiger partial charge in [0.15, 0.2) is 0 Å². The zero-order valence-electron chi connectivity index (χ0n) is 12.5. The van der Waals surface area contributed by atoms with Crippen molar-refractivity contribution in [1.29, 1.82) is 0 Å². The van der Waals surface area contributed by atoms with E-state index >= 15 is 0 Å². The molecule has 0 aromatic heterocycles. The molecule has 4 heteroatoms. The Morgan fingerprint density at radius 2 is 1.90 bits per heavy atom. The van der Waals surface area contributed by atoms with Crippen molar-refractivity contribution in [3.8, 4) is 11.5 Å². The van der Waals surface area contributed by atoms with Gasteiger partial charge in [-0.05, 0) is 49.9 Å². The average Bonchev–Trinajstić information content (AvgIpc) is 2.52. The van der Waals surface area contributed by atoms with Gasteiger partial charge in [0.25, 0.3) is 0 Å². The maximum atomic E-state index is 5.72. The van der Waals surface area contributed by atoms with E-state index in [1.165, 1.54) is 24.8 Å². The Balaban J connectivity index is 1.75. The normalized spacial score (nSPS) is 18.8. The van der Waals surface area contributed by atoms with E-state index < -0.39 is 0 Å². The van der Waals surface area contributed by atoms with E-state index in [-0.39, 0.29) is 0 Å². The molecular weight excluding hydrogens is 254 g/mol. The van der Waals surface area contributed by atoms with Gasteiger partial charge in [-0.3, -0.25) is 0 Å². The highest BCUT2D eigenvalue weighted by Gasteiger charge is 2.12. The van der Waals surface area contributed by atoms with Crippen LogP contribution in [0.15, 0.2) is 18.2 Å².